The Labute approximate surface area is 166 Å². The van der Waals surface area contributed by atoms with Gasteiger partial charge >= 0.3 is 6.01 Å². The third-order valence-electron chi connectivity index (χ3n) is 5.50. The SMILES string of the molecule is CC(C)c1noc(N2CCC(COc3ccc(N4CCNCC4)cn3)CC2)n1. The first-order valence-corrected chi connectivity index (χ1v) is 10.3. The maximum atomic E-state index is 5.95. The third-order valence-corrected chi connectivity index (χ3v) is 5.50. The highest BCUT2D eigenvalue weighted by atomic mass is 16.5. The van der Waals surface area contributed by atoms with Gasteiger partial charge in [0.1, 0.15) is 0 Å². The number of piperazine rings is 1. The summed E-state index contributed by atoms with van der Waals surface area (Å²) < 4.78 is 11.4. The van der Waals surface area contributed by atoms with Crippen molar-refractivity contribution in [2.45, 2.75) is 32.6 Å². The zero-order valence-corrected chi connectivity index (χ0v) is 16.8. The van der Waals surface area contributed by atoms with Crippen LogP contribution < -0.4 is 19.9 Å². The number of anilines is 2. The summed E-state index contributed by atoms with van der Waals surface area (Å²) in [5.41, 5.74) is 1.17. The standard InChI is InChI=1S/C20H30N6O2/c1-15(2)19-23-20(28-24-19)26-9-5-16(6-10-26)14-27-18-4-3-17(13-22-18)25-11-7-21-8-12-25/h3-4,13,15-16,21H,5-12,14H2,1-2H3. The van der Waals surface area contributed by atoms with Gasteiger partial charge in [0.05, 0.1) is 18.5 Å². The Bertz CT molecular complexity index is 733. The van der Waals surface area contributed by atoms with Gasteiger partial charge < -0.3 is 24.4 Å². The van der Waals surface area contributed by atoms with E-state index in [1.54, 1.807) is 0 Å². The zero-order chi connectivity index (χ0) is 19.3. The average Bonchev–Trinajstić information content (AvgIpc) is 3.24. The predicted octanol–water partition coefficient (Wildman–Crippen LogP) is 2.29. The van der Waals surface area contributed by atoms with Gasteiger partial charge in [-0.15, -0.1) is 0 Å². The Hall–Kier alpha value is -2.35. The maximum Gasteiger partial charge on any atom is 0.324 e. The van der Waals surface area contributed by atoms with Crippen LogP contribution >= 0.6 is 0 Å². The molecule has 2 aliphatic rings. The highest BCUT2D eigenvalue weighted by Gasteiger charge is 2.24. The summed E-state index contributed by atoms with van der Waals surface area (Å²) in [6, 6.07) is 4.74. The Morgan fingerprint density at radius 3 is 2.57 bits per heavy atom. The van der Waals surface area contributed by atoms with E-state index in [1.807, 2.05) is 12.3 Å². The van der Waals surface area contributed by atoms with Crippen LogP contribution in [-0.4, -0.2) is 61.0 Å². The molecule has 8 nitrogen and oxygen atoms in total. The summed E-state index contributed by atoms with van der Waals surface area (Å²) in [5.74, 6) is 2.29. The number of hydrogen-bond donors (Lipinski definition) is 1. The smallest absolute Gasteiger partial charge is 0.324 e. The Balaban J connectivity index is 1.22. The number of ether oxygens (including phenoxy) is 1. The first-order chi connectivity index (χ1) is 13.7. The number of pyridine rings is 1. The van der Waals surface area contributed by atoms with Gasteiger partial charge in [-0.05, 0) is 24.8 Å². The number of rotatable bonds is 6. The molecule has 0 unspecified atom stereocenters. The van der Waals surface area contributed by atoms with Crippen LogP contribution in [0.1, 0.15) is 38.4 Å². The number of piperidine rings is 1. The van der Waals surface area contributed by atoms with Gasteiger partial charge in [0.2, 0.25) is 5.88 Å². The topological polar surface area (TPSA) is 79.5 Å². The zero-order valence-electron chi connectivity index (χ0n) is 16.8. The number of nitrogens with zero attached hydrogens (tertiary/aromatic N) is 5. The van der Waals surface area contributed by atoms with Crippen LogP contribution in [0.5, 0.6) is 5.88 Å². The molecular formula is C20H30N6O2. The number of hydrogen-bond acceptors (Lipinski definition) is 8. The van der Waals surface area contributed by atoms with Crippen LogP contribution in [0.25, 0.3) is 0 Å². The molecule has 0 amide bonds. The van der Waals surface area contributed by atoms with E-state index in [4.69, 9.17) is 9.26 Å². The normalized spacial score (nSPS) is 18.7. The summed E-state index contributed by atoms with van der Waals surface area (Å²) >= 11 is 0. The lowest BCUT2D eigenvalue weighted by atomic mass is 9.98. The lowest BCUT2D eigenvalue weighted by molar-refractivity contribution is 0.213. The lowest BCUT2D eigenvalue weighted by Gasteiger charge is -2.30. The largest absolute Gasteiger partial charge is 0.477 e. The maximum absolute atomic E-state index is 5.95. The van der Waals surface area contributed by atoms with Gasteiger partial charge in [0.25, 0.3) is 0 Å². The quantitative estimate of drug-likeness (QED) is 0.810. The lowest BCUT2D eigenvalue weighted by Crippen LogP contribution is -2.43. The fourth-order valence-corrected chi connectivity index (χ4v) is 3.65. The number of nitrogens with one attached hydrogen (secondary N) is 1. The van der Waals surface area contributed by atoms with Gasteiger partial charge in [-0.25, -0.2) is 4.98 Å². The van der Waals surface area contributed by atoms with Crippen LogP contribution in [0.3, 0.4) is 0 Å². The monoisotopic (exact) mass is 386 g/mol. The Morgan fingerprint density at radius 1 is 1.14 bits per heavy atom. The van der Waals surface area contributed by atoms with Crippen molar-refractivity contribution in [3.63, 3.8) is 0 Å². The van der Waals surface area contributed by atoms with Gasteiger partial charge in [0, 0.05) is 51.3 Å². The average molecular weight is 387 g/mol. The van der Waals surface area contributed by atoms with Crippen molar-refractivity contribution in [2.24, 2.45) is 5.92 Å². The molecule has 1 N–H and O–H groups in total. The van der Waals surface area contributed by atoms with Crippen LogP contribution in [0.2, 0.25) is 0 Å². The van der Waals surface area contributed by atoms with Crippen LogP contribution in [0, 0.1) is 5.92 Å². The summed E-state index contributed by atoms with van der Waals surface area (Å²) in [4.78, 5) is 13.5. The second-order valence-corrected chi connectivity index (χ2v) is 7.92. The highest BCUT2D eigenvalue weighted by molar-refractivity contribution is 5.45. The minimum absolute atomic E-state index is 0.286. The fraction of sp³-hybridized carbons (Fsp3) is 0.650. The van der Waals surface area contributed by atoms with Gasteiger partial charge in [0.15, 0.2) is 5.82 Å². The molecule has 2 aromatic heterocycles. The van der Waals surface area contributed by atoms with E-state index >= 15 is 0 Å². The van der Waals surface area contributed by atoms with Gasteiger partial charge in [-0.1, -0.05) is 19.0 Å². The molecule has 2 aromatic rings. The van der Waals surface area contributed by atoms with Gasteiger partial charge in [-0.2, -0.15) is 4.98 Å². The van der Waals surface area contributed by atoms with Crippen molar-refractivity contribution in [1.29, 1.82) is 0 Å². The molecule has 0 bridgehead atoms. The molecule has 0 aliphatic carbocycles. The van der Waals surface area contributed by atoms with Crippen molar-refractivity contribution in [3.05, 3.63) is 24.2 Å². The molecule has 152 valence electrons. The molecule has 4 heterocycles. The number of aromatic nitrogens is 3. The van der Waals surface area contributed by atoms with E-state index in [0.29, 0.717) is 24.4 Å². The Morgan fingerprint density at radius 2 is 1.93 bits per heavy atom. The molecule has 2 aliphatic heterocycles. The van der Waals surface area contributed by atoms with Crippen molar-refractivity contribution in [1.82, 2.24) is 20.4 Å². The van der Waals surface area contributed by atoms with E-state index in [-0.39, 0.29) is 5.92 Å². The minimum atomic E-state index is 0.286. The molecule has 0 atom stereocenters. The van der Waals surface area contributed by atoms with E-state index in [9.17, 15) is 0 Å². The summed E-state index contributed by atoms with van der Waals surface area (Å²) in [6.45, 7) is 10.8. The molecule has 0 aromatic carbocycles. The van der Waals surface area contributed by atoms with Crippen molar-refractivity contribution in [2.75, 3.05) is 55.7 Å². The molecule has 0 spiro atoms. The van der Waals surface area contributed by atoms with E-state index in [0.717, 1.165) is 57.9 Å². The molecule has 0 saturated carbocycles. The second-order valence-electron chi connectivity index (χ2n) is 7.92. The summed E-state index contributed by atoms with van der Waals surface area (Å²) in [7, 11) is 0. The van der Waals surface area contributed by atoms with Crippen molar-refractivity contribution in [3.8, 4) is 5.88 Å². The van der Waals surface area contributed by atoms with Gasteiger partial charge in [-0.3, -0.25) is 0 Å². The summed E-state index contributed by atoms with van der Waals surface area (Å²) in [5, 5.41) is 7.43. The van der Waals surface area contributed by atoms with E-state index < -0.39 is 0 Å². The van der Waals surface area contributed by atoms with Crippen LogP contribution in [0.15, 0.2) is 22.9 Å². The molecule has 0 radical (unpaired) electrons. The minimum Gasteiger partial charge on any atom is -0.477 e. The second kappa shape index (κ2) is 8.77. The predicted molar refractivity (Wildman–Crippen MR) is 108 cm³/mol. The molecule has 28 heavy (non-hydrogen) atoms. The first kappa shape index (κ1) is 19.0. The van der Waals surface area contributed by atoms with Crippen LogP contribution in [0.4, 0.5) is 11.7 Å². The van der Waals surface area contributed by atoms with Crippen molar-refractivity contribution < 1.29 is 9.26 Å². The molecule has 2 fully saturated rings. The third kappa shape index (κ3) is 4.55. The fourth-order valence-electron chi connectivity index (χ4n) is 3.65. The molecular weight excluding hydrogens is 356 g/mol. The van der Waals surface area contributed by atoms with Crippen LogP contribution in [-0.2, 0) is 0 Å². The highest BCUT2D eigenvalue weighted by Crippen LogP contribution is 2.24. The first-order valence-electron chi connectivity index (χ1n) is 10.3. The van der Waals surface area contributed by atoms with E-state index in [1.165, 1.54) is 5.69 Å². The summed E-state index contributed by atoms with van der Waals surface area (Å²) in [6.07, 6.45) is 4.03. The Kier molecular flexibility index (Phi) is 5.95. The molecule has 2 saturated heterocycles. The molecule has 4 rings (SSSR count). The van der Waals surface area contributed by atoms with Crippen molar-refractivity contribution >= 4 is 11.7 Å². The van der Waals surface area contributed by atoms with E-state index in [2.05, 4.69) is 50.2 Å². The molecule has 8 heteroatoms.